The van der Waals surface area contributed by atoms with E-state index < -0.39 is 18.0 Å². The van der Waals surface area contributed by atoms with Gasteiger partial charge in [-0.25, -0.2) is 9.18 Å². The number of aromatic nitrogens is 2. The molecule has 0 spiro atoms. The van der Waals surface area contributed by atoms with Gasteiger partial charge >= 0.3 is 6.03 Å². The Morgan fingerprint density at radius 1 is 0.821 bits per heavy atom. The smallest absolute Gasteiger partial charge is 0.319 e. The largest absolute Gasteiger partial charge is 0.326 e. The minimum Gasteiger partial charge on any atom is -0.326 e. The maximum absolute atomic E-state index is 13.4. The molecule has 0 aliphatic heterocycles. The van der Waals surface area contributed by atoms with Crippen molar-refractivity contribution >= 4 is 34.1 Å². The molecule has 3 amide bonds. The van der Waals surface area contributed by atoms with Gasteiger partial charge in [0, 0.05) is 17.7 Å². The molecule has 0 radical (unpaired) electrons. The molecule has 1 aromatic heterocycles. The van der Waals surface area contributed by atoms with Crippen molar-refractivity contribution in [2.24, 2.45) is 0 Å². The van der Waals surface area contributed by atoms with Crippen LogP contribution in [0, 0.1) is 5.82 Å². The van der Waals surface area contributed by atoms with Gasteiger partial charge in [-0.05, 0) is 52.8 Å². The van der Waals surface area contributed by atoms with Gasteiger partial charge in [-0.1, -0.05) is 87.6 Å². The number of amides is 3. The van der Waals surface area contributed by atoms with E-state index in [4.69, 9.17) is 0 Å². The highest BCUT2D eigenvalue weighted by atomic mass is 32.1. The van der Waals surface area contributed by atoms with E-state index in [1.54, 1.807) is 12.1 Å². The molecule has 9 heteroatoms. The van der Waals surface area contributed by atoms with Crippen LogP contribution in [0.5, 0.6) is 0 Å². The summed E-state index contributed by atoms with van der Waals surface area (Å²) in [4.78, 5) is 26.7. The zero-order valence-corrected chi connectivity index (χ0v) is 23.2. The lowest BCUT2D eigenvalue weighted by molar-refractivity contribution is -0.117. The zero-order valence-electron chi connectivity index (χ0n) is 22.4. The Balaban J connectivity index is 1.54. The van der Waals surface area contributed by atoms with Gasteiger partial charge in [-0.3, -0.25) is 10.1 Å². The van der Waals surface area contributed by atoms with Gasteiger partial charge in [-0.2, -0.15) is 0 Å². The topological polar surface area (TPSA) is 96.0 Å². The normalized spacial score (nSPS) is 11.9. The van der Waals surface area contributed by atoms with Crippen LogP contribution in [0.1, 0.15) is 56.2 Å². The third kappa shape index (κ3) is 7.26. The Labute approximate surface area is 231 Å². The lowest BCUT2D eigenvalue weighted by atomic mass is 9.93. The summed E-state index contributed by atoms with van der Waals surface area (Å²) in [5, 5.41) is 17.7. The minimum atomic E-state index is -0.876. The number of para-hydroxylation sites is 1. The monoisotopic (exact) mass is 545 g/mol. The van der Waals surface area contributed by atoms with E-state index in [0.29, 0.717) is 10.6 Å². The van der Waals surface area contributed by atoms with Crippen LogP contribution < -0.4 is 16.0 Å². The molecule has 3 aromatic carbocycles. The Morgan fingerprint density at radius 3 is 2.08 bits per heavy atom. The third-order valence-corrected chi connectivity index (χ3v) is 7.15. The van der Waals surface area contributed by atoms with E-state index in [9.17, 15) is 14.0 Å². The van der Waals surface area contributed by atoms with E-state index in [1.807, 2.05) is 48.5 Å². The van der Waals surface area contributed by atoms with Crippen molar-refractivity contribution in [3.63, 3.8) is 0 Å². The van der Waals surface area contributed by atoms with E-state index in [0.717, 1.165) is 22.4 Å². The Bertz CT molecular complexity index is 1390. The molecule has 3 N–H and O–H groups in total. The molecule has 1 atom stereocenters. The molecular formula is C30H32FN5O2S. The second-order valence-corrected chi connectivity index (χ2v) is 10.8. The molecule has 0 bridgehead atoms. The van der Waals surface area contributed by atoms with Crippen molar-refractivity contribution in [1.82, 2.24) is 15.5 Å². The number of urea groups is 1. The summed E-state index contributed by atoms with van der Waals surface area (Å²) in [7, 11) is 0. The van der Waals surface area contributed by atoms with Crippen molar-refractivity contribution in [1.29, 1.82) is 0 Å². The van der Waals surface area contributed by atoms with Crippen LogP contribution in [-0.4, -0.2) is 28.2 Å². The summed E-state index contributed by atoms with van der Waals surface area (Å²) in [6, 6.07) is 20.0. The van der Waals surface area contributed by atoms with Gasteiger partial charge in [0.15, 0.2) is 0 Å². The van der Waals surface area contributed by atoms with E-state index in [1.165, 1.54) is 23.5 Å². The number of hydrogen-bond acceptors (Lipinski definition) is 5. The van der Waals surface area contributed by atoms with E-state index >= 15 is 0 Å². The predicted octanol–water partition coefficient (Wildman–Crippen LogP) is 6.96. The lowest BCUT2D eigenvalue weighted by Crippen LogP contribution is -2.47. The second kappa shape index (κ2) is 12.6. The molecule has 0 saturated heterocycles. The Hall–Kier alpha value is -4.11. The fraction of sp³-hybridized carbons (Fsp3) is 0.267. The van der Waals surface area contributed by atoms with Gasteiger partial charge in [0.1, 0.15) is 16.9 Å². The van der Waals surface area contributed by atoms with Crippen LogP contribution in [0.3, 0.4) is 0 Å². The Morgan fingerprint density at radius 2 is 1.46 bits per heavy atom. The first-order valence-electron chi connectivity index (χ1n) is 12.9. The van der Waals surface area contributed by atoms with Gasteiger partial charge in [0.05, 0.1) is 0 Å². The number of hydrogen-bond donors (Lipinski definition) is 3. The van der Waals surface area contributed by atoms with Crippen LogP contribution in [0.4, 0.5) is 20.0 Å². The maximum Gasteiger partial charge on any atom is 0.319 e. The third-order valence-electron chi connectivity index (χ3n) is 6.26. The fourth-order valence-electron chi connectivity index (χ4n) is 4.24. The summed E-state index contributed by atoms with van der Waals surface area (Å²) in [5.41, 5.74) is 4.42. The molecule has 4 aromatic rings. The second-order valence-electron chi connectivity index (χ2n) is 9.87. The van der Waals surface area contributed by atoms with Crippen LogP contribution >= 0.6 is 11.3 Å². The quantitative estimate of drug-likeness (QED) is 0.212. The zero-order chi connectivity index (χ0) is 27.9. The standard InChI is InChI=1S/C30H32FN5O2S/c1-18(2)23-11-8-12-24(19(3)4)26(23)33-29(38)32-25(17-20-9-6-5-7-10-20)27(37)34-30-36-35-28(39-30)21-13-15-22(31)16-14-21/h5-16,18-19,25H,17H2,1-4H3,(H2,32,33,38)(H,34,36,37)/t25-/m1/s1. The number of anilines is 2. The average Bonchev–Trinajstić information content (AvgIpc) is 3.37. The number of carbonyl (C=O) groups excluding carboxylic acids is 2. The first-order valence-corrected chi connectivity index (χ1v) is 13.7. The van der Waals surface area contributed by atoms with Gasteiger partial charge in [0.25, 0.3) is 0 Å². The average molecular weight is 546 g/mol. The first kappa shape index (κ1) is 27.9. The van der Waals surface area contributed by atoms with Crippen LogP contribution in [0.15, 0.2) is 72.8 Å². The summed E-state index contributed by atoms with van der Waals surface area (Å²) in [5.74, 6) is -0.358. The highest BCUT2D eigenvalue weighted by Gasteiger charge is 2.24. The fourth-order valence-corrected chi connectivity index (χ4v) is 4.99. The minimum absolute atomic E-state index is 0.204. The van der Waals surface area contributed by atoms with Crippen molar-refractivity contribution in [2.45, 2.75) is 52.0 Å². The number of rotatable bonds is 9. The molecule has 1 heterocycles. The lowest BCUT2D eigenvalue weighted by Gasteiger charge is -2.22. The highest BCUT2D eigenvalue weighted by Crippen LogP contribution is 2.32. The summed E-state index contributed by atoms with van der Waals surface area (Å²) in [6.45, 7) is 8.32. The molecule has 39 heavy (non-hydrogen) atoms. The van der Waals surface area contributed by atoms with Crippen LogP contribution in [0.25, 0.3) is 10.6 Å². The van der Waals surface area contributed by atoms with Crippen LogP contribution in [0.2, 0.25) is 0 Å². The number of nitrogens with one attached hydrogen (secondary N) is 3. The molecule has 0 aliphatic carbocycles. The van der Waals surface area contributed by atoms with Crippen molar-refractivity contribution in [3.8, 4) is 10.6 Å². The van der Waals surface area contributed by atoms with Gasteiger partial charge in [-0.15, -0.1) is 10.2 Å². The number of halogens is 1. The van der Waals surface area contributed by atoms with E-state index in [2.05, 4.69) is 53.8 Å². The summed E-state index contributed by atoms with van der Waals surface area (Å²) < 4.78 is 13.3. The Kier molecular flexibility index (Phi) is 9.03. The van der Waals surface area contributed by atoms with Gasteiger partial charge in [0.2, 0.25) is 11.0 Å². The molecule has 4 rings (SSSR count). The molecule has 0 unspecified atom stereocenters. The molecule has 0 aliphatic rings. The predicted molar refractivity (Wildman–Crippen MR) is 155 cm³/mol. The first-order chi connectivity index (χ1) is 18.7. The van der Waals surface area contributed by atoms with Crippen molar-refractivity contribution in [3.05, 3.63) is 95.3 Å². The van der Waals surface area contributed by atoms with Crippen LogP contribution in [-0.2, 0) is 11.2 Å². The van der Waals surface area contributed by atoms with Crippen molar-refractivity contribution < 1.29 is 14.0 Å². The molecule has 0 fully saturated rings. The molecular weight excluding hydrogens is 513 g/mol. The SMILES string of the molecule is CC(C)c1cccc(C(C)C)c1NC(=O)N[C@H](Cc1ccccc1)C(=O)Nc1nnc(-c2ccc(F)cc2)s1. The molecule has 0 saturated carbocycles. The maximum atomic E-state index is 13.4. The number of carbonyl (C=O) groups is 2. The number of nitrogens with zero attached hydrogens (tertiary/aromatic N) is 2. The number of benzene rings is 3. The van der Waals surface area contributed by atoms with Gasteiger partial charge < -0.3 is 10.6 Å². The summed E-state index contributed by atoms with van der Waals surface area (Å²) >= 11 is 1.17. The highest BCUT2D eigenvalue weighted by molar-refractivity contribution is 7.18. The molecule has 7 nitrogen and oxygen atoms in total. The summed E-state index contributed by atoms with van der Waals surface area (Å²) in [6.07, 6.45) is 0.284. The van der Waals surface area contributed by atoms with Crippen molar-refractivity contribution in [2.75, 3.05) is 10.6 Å². The molecule has 202 valence electrons. The van der Waals surface area contributed by atoms with E-state index in [-0.39, 0.29) is 29.2 Å².